The molecule has 2 aliphatic rings. The molecule has 102 valence electrons. The third-order valence-corrected chi connectivity index (χ3v) is 3.46. The van der Waals surface area contributed by atoms with E-state index in [1.54, 1.807) is 20.8 Å². The van der Waals surface area contributed by atoms with E-state index < -0.39 is 35.8 Å². The molecule has 1 amide bonds. The van der Waals surface area contributed by atoms with Crippen molar-refractivity contribution in [2.24, 2.45) is 5.92 Å². The van der Waals surface area contributed by atoms with Crippen LogP contribution in [0.3, 0.4) is 0 Å². The number of hydrogen-bond donors (Lipinski definition) is 1. The average Bonchev–Trinajstić information content (AvgIpc) is 2.69. The highest BCUT2D eigenvalue weighted by Gasteiger charge is 2.57. The number of piperidine rings is 1. The normalized spacial score (nSPS) is 34.8. The maximum absolute atomic E-state index is 13.6. The van der Waals surface area contributed by atoms with Gasteiger partial charge in [-0.25, -0.2) is 14.0 Å². The van der Waals surface area contributed by atoms with Gasteiger partial charge < -0.3 is 9.84 Å². The van der Waals surface area contributed by atoms with E-state index in [0.717, 1.165) is 0 Å². The van der Waals surface area contributed by atoms with E-state index in [-0.39, 0.29) is 12.5 Å². The Hall–Kier alpha value is -1.33. The van der Waals surface area contributed by atoms with E-state index in [2.05, 4.69) is 0 Å². The Morgan fingerprint density at radius 3 is 2.44 bits per heavy atom. The fourth-order valence-electron chi connectivity index (χ4n) is 2.86. The van der Waals surface area contributed by atoms with Gasteiger partial charge in [0, 0.05) is 12.0 Å². The van der Waals surface area contributed by atoms with Crippen molar-refractivity contribution < 1.29 is 23.8 Å². The number of carboxylic acids is 1. The van der Waals surface area contributed by atoms with Crippen LogP contribution in [-0.4, -0.2) is 45.9 Å². The molecule has 2 fully saturated rings. The van der Waals surface area contributed by atoms with Gasteiger partial charge in [0.1, 0.15) is 17.8 Å². The van der Waals surface area contributed by atoms with Crippen LogP contribution < -0.4 is 0 Å². The first-order valence-corrected chi connectivity index (χ1v) is 6.09. The van der Waals surface area contributed by atoms with Crippen molar-refractivity contribution >= 4 is 12.1 Å². The minimum absolute atomic E-state index is 0.216. The van der Waals surface area contributed by atoms with Crippen molar-refractivity contribution in [3.63, 3.8) is 0 Å². The number of halogens is 1. The zero-order chi connectivity index (χ0) is 13.7. The number of hydrogen-bond acceptors (Lipinski definition) is 3. The Labute approximate surface area is 105 Å². The van der Waals surface area contributed by atoms with Gasteiger partial charge in [-0.2, -0.15) is 0 Å². The summed E-state index contributed by atoms with van der Waals surface area (Å²) in [5.41, 5.74) is -0.683. The number of rotatable bonds is 1. The van der Waals surface area contributed by atoms with Crippen LogP contribution in [0.4, 0.5) is 9.18 Å². The number of amides is 1. The summed E-state index contributed by atoms with van der Waals surface area (Å²) in [7, 11) is 0. The lowest BCUT2D eigenvalue weighted by Gasteiger charge is -2.35. The third kappa shape index (κ3) is 2.15. The minimum atomic E-state index is -1.16. The fraction of sp³-hybridized carbons (Fsp3) is 0.833. The molecule has 1 saturated heterocycles. The number of alkyl halides is 1. The van der Waals surface area contributed by atoms with E-state index in [9.17, 15) is 14.0 Å². The molecule has 0 aromatic heterocycles. The number of likely N-dealkylation sites (tertiary alicyclic amines) is 1. The van der Waals surface area contributed by atoms with Gasteiger partial charge in [-0.15, -0.1) is 0 Å². The maximum Gasteiger partial charge on any atom is 0.411 e. The van der Waals surface area contributed by atoms with E-state index in [1.807, 2.05) is 0 Å². The predicted octanol–water partition coefficient (Wildman–Crippen LogP) is 1.81. The molecule has 2 bridgehead atoms. The lowest BCUT2D eigenvalue weighted by molar-refractivity contribution is -0.146. The molecule has 0 aromatic rings. The Kier molecular flexibility index (Phi) is 2.99. The van der Waals surface area contributed by atoms with Crippen LogP contribution in [0, 0.1) is 5.92 Å². The van der Waals surface area contributed by atoms with Crippen molar-refractivity contribution in [1.29, 1.82) is 0 Å². The smallest absolute Gasteiger partial charge is 0.411 e. The summed E-state index contributed by atoms with van der Waals surface area (Å²) >= 11 is 0. The Bertz CT molecular complexity index is 379. The molecule has 0 spiro atoms. The molecule has 5 nitrogen and oxygen atoms in total. The second kappa shape index (κ2) is 4.10. The monoisotopic (exact) mass is 259 g/mol. The Morgan fingerprint density at radius 1 is 1.33 bits per heavy atom. The lowest BCUT2D eigenvalue weighted by Crippen LogP contribution is -2.53. The number of nitrogens with zero attached hydrogens (tertiary/aromatic N) is 1. The van der Waals surface area contributed by atoms with Crippen molar-refractivity contribution in [1.82, 2.24) is 4.90 Å². The number of aliphatic carboxylic acids is 1. The molecule has 1 heterocycles. The Balaban J connectivity index is 2.17. The van der Waals surface area contributed by atoms with E-state index in [1.165, 1.54) is 4.90 Å². The third-order valence-electron chi connectivity index (χ3n) is 3.46. The summed E-state index contributed by atoms with van der Waals surface area (Å²) in [6.45, 7) is 5.15. The van der Waals surface area contributed by atoms with E-state index >= 15 is 0 Å². The molecule has 0 aromatic carbocycles. The summed E-state index contributed by atoms with van der Waals surface area (Å²) in [4.78, 5) is 24.4. The van der Waals surface area contributed by atoms with Crippen LogP contribution in [0.25, 0.3) is 0 Å². The molecule has 1 unspecified atom stereocenters. The van der Waals surface area contributed by atoms with Gasteiger partial charge in [-0.1, -0.05) is 0 Å². The second-order valence-electron chi connectivity index (χ2n) is 5.98. The number of ether oxygens (including phenoxy) is 1. The molecular weight excluding hydrogens is 241 g/mol. The van der Waals surface area contributed by atoms with Crippen molar-refractivity contribution in [3.8, 4) is 0 Å². The summed E-state index contributed by atoms with van der Waals surface area (Å²) in [5, 5.41) is 9.15. The molecule has 18 heavy (non-hydrogen) atoms. The van der Waals surface area contributed by atoms with Gasteiger partial charge in [-0.3, -0.25) is 4.90 Å². The van der Waals surface area contributed by atoms with Crippen LogP contribution in [0.5, 0.6) is 0 Å². The highest BCUT2D eigenvalue weighted by Crippen LogP contribution is 2.44. The first-order chi connectivity index (χ1) is 8.20. The van der Waals surface area contributed by atoms with Gasteiger partial charge in [0.05, 0.1) is 0 Å². The standard InChI is InChI=1S/C12H18FNO4/c1-12(2,3)18-11(17)14-6-4-7(8(13)5-6)9(14)10(15)16/h6-9H,4-5H2,1-3H3,(H,15,16)/t6-,7-,8?,9+/m1/s1. The summed E-state index contributed by atoms with van der Waals surface area (Å²) in [6, 6.07) is -1.44. The van der Waals surface area contributed by atoms with Gasteiger partial charge in [0.25, 0.3) is 0 Å². The second-order valence-corrected chi connectivity index (χ2v) is 5.98. The first kappa shape index (κ1) is 13.1. The van der Waals surface area contributed by atoms with E-state index in [4.69, 9.17) is 9.84 Å². The quantitative estimate of drug-likeness (QED) is 0.779. The highest BCUT2D eigenvalue weighted by atomic mass is 19.1. The largest absolute Gasteiger partial charge is 0.480 e. The van der Waals surface area contributed by atoms with Crippen LogP contribution >= 0.6 is 0 Å². The van der Waals surface area contributed by atoms with Gasteiger partial charge in [-0.05, 0) is 33.6 Å². The molecule has 1 saturated carbocycles. The molecule has 2 rings (SSSR count). The molecular formula is C12H18FNO4. The number of fused-ring (bicyclic) bond motifs is 2. The van der Waals surface area contributed by atoms with Crippen LogP contribution in [0.1, 0.15) is 33.6 Å². The fourth-order valence-corrected chi connectivity index (χ4v) is 2.86. The van der Waals surface area contributed by atoms with Crippen LogP contribution in [0.15, 0.2) is 0 Å². The summed E-state index contributed by atoms with van der Waals surface area (Å²) in [5.74, 6) is -1.75. The number of carboxylic acid groups (broad SMARTS) is 1. The molecule has 6 heteroatoms. The zero-order valence-electron chi connectivity index (χ0n) is 10.7. The first-order valence-electron chi connectivity index (χ1n) is 6.09. The predicted molar refractivity (Wildman–Crippen MR) is 60.9 cm³/mol. The molecule has 1 aliphatic carbocycles. The Morgan fingerprint density at radius 2 is 1.94 bits per heavy atom. The highest BCUT2D eigenvalue weighted by molar-refractivity contribution is 5.82. The number of carbonyl (C=O) groups is 2. The molecule has 0 radical (unpaired) electrons. The van der Waals surface area contributed by atoms with Crippen LogP contribution in [-0.2, 0) is 9.53 Å². The maximum atomic E-state index is 13.6. The number of carbonyl (C=O) groups excluding carboxylic acids is 1. The topological polar surface area (TPSA) is 66.8 Å². The van der Waals surface area contributed by atoms with E-state index in [0.29, 0.717) is 6.42 Å². The van der Waals surface area contributed by atoms with Gasteiger partial charge in [0.2, 0.25) is 0 Å². The summed E-state index contributed by atoms with van der Waals surface area (Å²) < 4.78 is 18.8. The lowest BCUT2D eigenvalue weighted by atomic mass is 9.97. The van der Waals surface area contributed by atoms with Gasteiger partial charge >= 0.3 is 12.1 Å². The molecule has 1 N–H and O–H groups in total. The van der Waals surface area contributed by atoms with Crippen LogP contribution in [0.2, 0.25) is 0 Å². The SMILES string of the molecule is CC(C)(C)OC(=O)N1[C@H]2CC(F)[C@@H](C2)[C@H]1C(=O)O. The van der Waals surface area contributed by atoms with Crippen molar-refractivity contribution in [2.45, 2.75) is 57.5 Å². The molecule has 1 aliphatic heterocycles. The molecule has 4 atom stereocenters. The zero-order valence-corrected chi connectivity index (χ0v) is 10.7. The average molecular weight is 259 g/mol. The summed E-state index contributed by atoms with van der Waals surface area (Å²) in [6.07, 6.45) is -1.16. The van der Waals surface area contributed by atoms with Crippen molar-refractivity contribution in [3.05, 3.63) is 0 Å². The van der Waals surface area contributed by atoms with Crippen molar-refractivity contribution in [2.75, 3.05) is 0 Å². The van der Waals surface area contributed by atoms with Gasteiger partial charge in [0.15, 0.2) is 0 Å². The minimum Gasteiger partial charge on any atom is -0.480 e.